The molecule has 1 aromatic heterocycles. The molecule has 178 valence electrons. The molecule has 0 radical (unpaired) electrons. The molecule has 6 nitrogen and oxygen atoms in total. The van der Waals surface area contributed by atoms with Gasteiger partial charge >= 0.3 is 5.97 Å². The number of hydrogen-bond acceptors (Lipinski definition) is 7. The van der Waals surface area contributed by atoms with E-state index in [0.29, 0.717) is 26.1 Å². The maximum absolute atomic E-state index is 11.3. The standard InChI is InChI=1S/C26H32O6S/c1-18-16-24(33-17-19-6-4-3-5-7-19)32-25(18)21-12-13-26(30-14-15-31-26)22(21)10-8-20(27)9-11-23(28)29-2/h3-7,9,11,16,20-22,27H,8,10,12-15,17H2,1-2H3/b11-9-/t20?,21-,22+/m1/s1. The molecule has 1 unspecified atom stereocenters. The van der Waals surface area contributed by atoms with Crippen LogP contribution in [0, 0.1) is 12.8 Å². The summed E-state index contributed by atoms with van der Waals surface area (Å²) in [6, 6.07) is 12.5. The van der Waals surface area contributed by atoms with Crippen molar-refractivity contribution in [1.29, 1.82) is 0 Å². The molecule has 4 rings (SSSR count). The molecule has 3 atom stereocenters. The molecule has 1 saturated carbocycles. The molecular weight excluding hydrogens is 440 g/mol. The summed E-state index contributed by atoms with van der Waals surface area (Å²) >= 11 is 1.70. The predicted octanol–water partition coefficient (Wildman–Crippen LogP) is 4.99. The maximum atomic E-state index is 11.3. The molecule has 1 spiro atoms. The molecule has 2 fully saturated rings. The van der Waals surface area contributed by atoms with Crippen molar-refractivity contribution in [3.05, 3.63) is 65.4 Å². The number of methoxy groups -OCH3 is 1. The number of esters is 1. The van der Waals surface area contributed by atoms with Gasteiger partial charge < -0.3 is 23.7 Å². The normalized spacial score (nSPS) is 22.9. The van der Waals surface area contributed by atoms with Gasteiger partial charge in [-0.15, -0.1) is 0 Å². The van der Waals surface area contributed by atoms with Crippen LogP contribution in [0.25, 0.3) is 0 Å². The van der Waals surface area contributed by atoms with Crippen molar-refractivity contribution >= 4 is 17.7 Å². The Labute approximate surface area is 199 Å². The number of aliphatic hydroxyl groups is 1. The van der Waals surface area contributed by atoms with Crippen LogP contribution < -0.4 is 0 Å². The summed E-state index contributed by atoms with van der Waals surface area (Å²) in [5, 5.41) is 11.3. The number of furan rings is 1. The summed E-state index contributed by atoms with van der Waals surface area (Å²) in [5.41, 5.74) is 2.40. The van der Waals surface area contributed by atoms with Crippen LogP contribution in [0.5, 0.6) is 0 Å². The Morgan fingerprint density at radius 1 is 1.30 bits per heavy atom. The maximum Gasteiger partial charge on any atom is 0.330 e. The zero-order valence-electron chi connectivity index (χ0n) is 19.2. The highest BCUT2D eigenvalue weighted by Crippen LogP contribution is 2.53. The van der Waals surface area contributed by atoms with Crippen LogP contribution in [0.3, 0.4) is 0 Å². The van der Waals surface area contributed by atoms with E-state index in [9.17, 15) is 9.90 Å². The van der Waals surface area contributed by atoms with Crippen molar-refractivity contribution in [2.75, 3.05) is 20.3 Å². The van der Waals surface area contributed by atoms with E-state index in [-0.39, 0.29) is 11.8 Å². The van der Waals surface area contributed by atoms with Gasteiger partial charge in [-0.05, 0) is 49.5 Å². The molecule has 2 aromatic rings. The van der Waals surface area contributed by atoms with E-state index in [4.69, 9.17) is 13.9 Å². The van der Waals surface area contributed by atoms with Crippen molar-refractivity contribution in [1.82, 2.24) is 0 Å². The van der Waals surface area contributed by atoms with Crippen LogP contribution >= 0.6 is 11.8 Å². The number of thioether (sulfide) groups is 1. The van der Waals surface area contributed by atoms with Gasteiger partial charge in [-0.25, -0.2) is 4.79 Å². The van der Waals surface area contributed by atoms with E-state index >= 15 is 0 Å². The van der Waals surface area contributed by atoms with Crippen molar-refractivity contribution < 1.29 is 28.5 Å². The van der Waals surface area contributed by atoms with Crippen LogP contribution in [0.4, 0.5) is 0 Å². The van der Waals surface area contributed by atoms with E-state index in [2.05, 4.69) is 29.9 Å². The van der Waals surface area contributed by atoms with Gasteiger partial charge in [0, 0.05) is 30.1 Å². The van der Waals surface area contributed by atoms with Gasteiger partial charge in [-0.2, -0.15) is 0 Å². The number of carbonyl (C=O) groups excluding carboxylic acids is 1. The van der Waals surface area contributed by atoms with E-state index in [1.54, 1.807) is 11.8 Å². The zero-order chi connectivity index (χ0) is 23.3. The third kappa shape index (κ3) is 5.72. The minimum absolute atomic E-state index is 0.0676. The Morgan fingerprint density at radius 3 is 2.79 bits per heavy atom. The van der Waals surface area contributed by atoms with Gasteiger partial charge in [0.25, 0.3) is 0 Å². The quantitative estimate of drug-likeness (QED) is 0.313. The molecule has 1 aliphatic heterocycles. The average molecular weight is 473 g/mol. The number of aliphatic hydroxyl groups excluding tert-OH is 1. The smallest absolute Gasteiger partial charge is 0.330 e. The molecule has 33 heavy (non-hydrogen) atoms. The van der Waals surface area contributed by atoms with Crippen LogP contribution in [0.2, 0.25) is 0 Å². The fourth-order valence-electron chi connectivity index (χ4n) is 4.95. The zero-order valence-corrected chi connectivity index (χ0v) is 20.0. The number of carbonyl (C=O) groups is 1. The largest absolute Gasteiger partial charge is 0.466 e. The summed E-state index contributed by atoms with van der Waals surface area (Å²) in [6.45, 7) is 3.27. The van der Waals surface area contributed by atoms with Gasteiger partial charge in [-0.3, -0.25) is 0 Å². The lowest BCUT2D eigenvalue weighted by molar-refractivity contribution is -0.185. The molecule has 7 heteroatoms. The van der Waals surface area contributed by atoms with E-state index in [1.165, 1.54) is 24.8 Å². The van der Waals surface area contributed by atoms with Gasteiger partial charge in [0.05, 0.1) is 26.4 Å². The number of aryl methyl sites for hydroxylation is 1. The third-order valence-corrected chi connectivity index (χ3v) is 7.52. The van der Waals surface area contributed by atoms with Gasteiger partial charge in [0.2, 0.25) is 0 Å². The summed E-state index contributed by atoms with van der Waals surface area (Å²) in [7, 11) is 1.32. The second kappa shape index (κ2) is 10.9. The lowest BCUT2D eigenvalue weighted by atomic mass is 9.85. The first-order valence-corrected chi connectivity index (χ1v) is 12.5. The monoisotopic (exact) mass is 472 g/mol. The summed E-state index contributed by atoms with van der Waals surface area (Å²) < 4.78 is 23.2. The van der Waals surface area contributed by atoms with Crippen molar-refractivity contribution in [3.63, 3.8) is 0 Å². The van der Waals surface area contributed by atoms with E-state index in [1.807, 2.05) is 18.2 Å². The molecule has 2 heterocycles. The Balaban J connectivity index is 1.46. The third-order valence-electron chi connectivity index (χ3n) is 6.55. The summed E-state index contributed by atoms with van der Waals surface area (Å²) in [6.07, 6.45) is 4.93. The molecule has 1 aromatic carbocycles. The fraction of sp³-hybridized carbons (Fsp3) is 0.500. The van der Waals surface area contributed by atoms with Crippen LogP contribution in [0.1, 0.15) is 48.5 Å². The van der Waals surface area contributed by atoms with Crippen LogP contribution in [0.15, 0.2) is 58.1 Å². The fourth-order valence-corrected chi connectivity index (χ4v) is 5.86. The minimum Gasteiger partial charge on any atom is -0.466 e. The molecule has 0 bridgehead atoms. The van der Waals surface area contributed by atoms with E-state index < -0.39 is 17.9 Å². The van der Waals surface area contributed by atoms with Crippen molar-refractivity contribution in [2.45, 2.75) is 61.3 Å². The number of hydrogen-bond donors (Lipinski definition) is 1. The Morgan fingerprint density at radius 2 is 2.06 bits per heavy atom. The van der Waals surface area contributed by atoms with Crippen LogP contribution in [-0.2, 0) is 24.8 Å². The highest BCUT2D eigenvalue weighted by atomic mass is 32.2. The first kappa shape index (κ1) is 24.1. The lowest BCUT2D eigenvalue weighted by Crippen LogP contribution is -2.36. The van der Waals surface area contributed by atoms with Gasteiger partial charge in [0.15, 0.2) is 10.9 Å². The predicted molar refractivity (Wildman–Crippen MR) is 126 cm³/mol. The first-order valence-electron chi connectivity index (χ1n) is 11.5. The molecule has 1 N–H and O–H groups in total. The molecular formula is C26H32O6S. The van der Waals surface area contributed by atoms with Gasteiger partial charge in [0.1, 0.15) is 5.76 Å². The first-order chi connectivity index (χ1) is 16.0. The second-order valence-corrected chi connectivity index (χ2v) is 9.65. The number of ether oxygens (including phenoxy) is 3. The van der Waals surface area contributed by atoms with Gasteiger partial charge in [-0.1, -0.05) is 42.1 Å². The van der Waals surface area contributed by atoms with Crippen molar-refractivity contribution in [2.24, 2.45) is 5.92 Å². The SMILES string of the molecule is COC(=O)/C=C\C(O)CC[C@H]1[C@H](c2oc(SCc3ccccc3)cc2C)CCC12OCCO2. The van der Waals surface area contributed by atoms with Crippen molar-refractivity contribution in [3.8, 4) is 0 Å². The Kier molecular flexibility index (Phi) is 7.96. The molecule has 1 saturated heterocycles. The molecule has 1 aliphatic carbocycles. The second-order valence-electron chi connectivity index (χ2n) is 8.67. The Hall–Kier alpha value is -2.06. The van der Waals surface area contributed by atoms with Crippen LogP contribution in [-0.4, -0.2) is 43.3 Å². The lowest BCUT2D eigenvalue weighted by Gasteiger charge is -2.32. The number of rotatable bonds is 9. The summed E-state index contributed by atoms with van der Waals surface area (Å²) in [5.74, 6) is 0.983. The van der Waals surface area contributed by atoms with E-state index in [0.717, 1.165) is 35.0 Å². The molecule has 0 amide bonds. The minimum atomic E-state index is -0.738. The average Bonchev–Trinajstić information content (AvgIpc) is 3.55. The number of benzene rings is 1. The Bertz CT molecular complexity index is 947. The molecule has 2 aliphatic rings. The highest BCUT2D eigenvalue weighted by molar-refractivity contribution is 7.98. The summed E-state index contributed by atoms with van der Waals surface area (Å²) in [4.78, 5) is 11.3. The topological polar surface area (TPSA) is 78.1 Å². The highest BCUT2D eigenvalue weighted by Gasteiger charge is 2.54.